The molecule has 1 atom stereocenters. The van der Waals surface area contributed by atoms with E-state index in [-0.39, 0.29) is 5.69 Å². The number of pyridine rings is 1. The highest BCUT2D eigenvalue weighted by atomic mass is 19.1. The quantitative estimate of drug-likeness (QED) is 0.468. The number of rotatable bonds is 1. The van der Waals surface area contributed by atoms with Crippen molar-refractivity contribution in [1.29, 1.82) is 0 Å². The highest BCUT2D eigenvalue weighted by Gasteiger charge is 2.50. The molecule has 0 spiro atoms. The van der Waals surface area contributed by atoms with Crippen LogP contribution in [-0.2, 0) is 9.45 Å². The fourth-order valence-electron chi connectivity index (χ4n) is 1.20. The summed E-state index contributed by atoms with van der Waals surface area (Å²) in [5.74, 6) is -0.917. The average molecular weight is 211 g/mol. The van der Waals surface area contributed by atoms with Gasteiger partial charge in [-0.3, -0.25) is 0 Å². The molecule has 0 bridgehead atoms. The Labute approximate surface area is 84.4 Å². The maximum absolute atomic E-state index is 13.7. The third kappa shape index (κ3) is 1.45. The molecule has 0 N–H and O–H groups in total. The molecule has 0 aliphatic carbocycles. The lowest BCUT2D eigenvalue weighted by Crippen LogP contribution is -2.68. The van der Waals surface area contributed by atoms with Gasteiger partial charge in [0.1, 0.15) is 0 Å². The summed E-state index contributed by atoms with van der Waals surface area (Å²) in [6.07, 6.45) is 1.33. The van der Waals surface area contributed by atoms with Crippen molar-refractivity contribution in [3.05, 3.63) is 30.1 Å². The van der Waals surface area contributed by atoms with Crippen LogP contribution in [0.15, 0.2) is 24.4 Å². The molecule has 1 unspecified atom stereocenters. The van der Waals surface area contributed by atoms with Gasteiger partial charge in [-0.25, -0.2) is 4.79 Å². The largest absolute Gasteiger partial charge is 0.647 e. The molecule has 0 radical (unpaired) electrons. The van der Waals surface area contributed by atoms with E-state index in [1.165, 1.54) is 12.3 Å². The number of carbonyl (C=O) groups excluding carboxylic acids is 2. The second-order valence-corrected chi connectivity index (χ2v) is 3.15. The Bertz CT molecular complexity index is 452. The van der Waals surface area contributed by atoms with Gasteiger partial charge in [-0.2, -0.15) is 0 Å². The van der Waals surface area contributed by atoms with Crippen molar-refractivity contribution >= 4 is 18.5 Å². The van der Waals surface area contributed by atoms with Crippen molar-refractivity contribution in [3.63, 3.8) is 0 Å². The highest BCUT2D eigenvalue weighted by molar-refractivity contribution is 6.92. The van der Waals surface area contributed by atoms with E-state index in [0.29, 0.717) is 0 Å². The van der Waals surface area contributed by atoms with Crippen molar-refractivity contribution in [3.8, 4) is 0 Å². The fourth-order valence-corrected chi connectivity index (χ4v) is 1.20. The second kappa shape index (κ2) is 3.04. The van der Waals surface area contributed by atoms with E-state index in [4.69, 9.17) is 0 Å². The number of hydrogen-bond donors (Lipinski definition) is 0. The number of carbonyl (C=O) groups is 2. The first-order valence-electron chi connectivity index (χ1n) is 4.29. The lowest BCUT2D eigenvalue weighted by Gasteiger charge is -2.30. The molecule has 1 aromatic heterocycles. The molecule has 1 aliphatic rings. The summed E-state index contributed by atoms with van der Waals surface area (Å²) < 4.78 is 23.5. The molecule has 2 heterocycles. The van der Waals surface area contributed by atoms with Crippen LogP contribution in [0.5, 0.6) is 0 Å². The third-order valence-electron chi connectivity index (χ3n) is 2.03. The average Bonchev–Trinajstić information content (AvgIpc) is 2.17. The summed E-state index contributed by atoms with van der Waals surface area (Å²) in [6.45, 7) is -2.76. The highest BCUT2D eigenvalue weighted by Crippen LogP contribution is 2.12. The molecule has 0 fully saturated rings. The SMILES string of the molecule is CC(=O)[B-]1(F)OC(=O)c2cccc[n+]2O1. The Kier molecular flexibility index (Phi) is 1.96. The maximum atomic E-state index is 13.7. The van der Waals surface area contributed by atoms with Crippen LogP contribution in [0.25, 0.3) is 0 Å². The second-order valence-electron chi connectivity index (χ2n) is 3.15. The summed E-state index contributed by atoms with van der Waals surface area (Å²) >= 11 is 0. The zero-order chi connectivity index (χ0) is 11.1. The summed E-state index contributed by atoms with van der Waals surface area (Å²) in [4.78, 5) is 22.2. The zero-order valence-electron chi connectivity index (χ0n) is 7.84. The minimum Gasteiger partial charge on any atom is -0.614 e. The van der Waals surface area contributed by atoms with Crippen molar-refractivity contribution in [1.82, 2.24) is 0 Å². The van der Waals surface area contributed by atoms with E-state index in [0.717, 1.165) is 11.7 Å². The van der Waals surface area contributed by atoms with Gasteiger partial charge in [0.2, 0.25) is 6.20 Å². The van der Waals surface area contributed by atoms with Crippen LogP contribution in [0.3, 0.4) is 0 Å². The molecule has 5 nitrogen and oxygen atoms in total. The van der Waals surface area contributed by atoms with Gasteiger partial charge >= 0.3 is 18.5 Å². The molecule has 1 aromatic rings. The predicted octanol–water partition coefficient (Wildman–Crippen LogP) is -0.390. The van der Waals surface area contributed by atoms with E-state index < -0.39 is 18.5 Å². The summed E-state index contributed by atoms with van der Waals surface area (Å²) in [5, 5.41) is 0. The van der Waals surface area contributed by atoms with Crippen LogP contribution in [0.4, 0.5) is 4.32 Å². The number of hydrogen-bond acceptors (Lipinski definition) is 4. The van der Waals surface area contributed by atoms with E-state index in [1.54, 1.807) is 12.1 Å². The van der Waals surface area contributed by atoms with Gasteiger partial charge in [0.15, 0.2) is 0 Å². The van der Waals surface area contributed by atoms with Gasteiger partial charge in [-0.1, -0.05) is 0 Å². The third-order valence-corrected chi connectivity index (χ3v) is 2.03. The first-order chi connectivity index (χ1) is 7.03. The standard InChI is InChI=1S/C8H7BFNO4/c1-6(12)9(10)14-8(13)7-4-2-3-5-11(7)15-9/h2-5H,1H3. The molecule has 2 rings (SSSR count). The van der Waals surface area contributed by atoms with Crippen LogP contribution in [0.1, 0.15) is 17.4 Å². The molecular weight excluding hydrogens is 204 g/mol. The van der Waals surface area contributed by atoms with Crippen molar-refractivity contribution in [2.24, 2.45) is 0 Å². The van der Waals surface area contributed by atoms with Gasteiger partial charge in [0, 0.05) is 12.1 Å². The minimum atomic E-state index is -3.72. The molecule has 0 amide bonds. The van der Waals surface area contributed by atoms with Crippen LogP contribution < -0.4 is 9.49 Å². The van der Waals surface area contributed by atoms with Crippen molar-refractivity contribution < 1.29 is 28.0 Å². The molecule has 0 saturated carbocycles. The number of nitrogens with zero attached hydrogens (tertiary/aromatic N) is 1. The van der Waals surface area contributed by atoms with Crippen molar-refractivity contribution in [2.45, 2.75) is 6.92 Å². The summed E-state index contributed by atoms with van der Waals surface area (Å²) in [5.41, 5.74) is -0.931. The molecular formula is C8H7BFNO4. The first-order valence-corrected chi connectivity index (χ1v) is 4.29. The molecule has 0 aromatic carbocycles. The van der Waals surface area contributed by atoms with Gasteiger partial charge in [-0.15, -0.1) is 0 Å². The van der Waals surface area contributed by atoms with Crippen LogP contribution in [0, 0.1) is 0 Å². The predicted molar refractivity (Wildman–Crippen MR) is 46.2 cm³/mol. The number of aromatic nitrogens is 1. The lowest BCUT2D eigenvalue weighted by molar-refractivity contribution is -0.871. The lowest BCUT2D eigenvalue weighted by atomic mass is 9.77. The molecule has 0 saturated heterocycles. The molecule has 1 aliphatic heterocycles. The fraction of sp³-hybridized carbons (Fsp3) is 0.125. The van der Waals surface area contributed by atoms with E-state index in [2.05, 4.69) is 9.41 Å². The normalized spacial score (nSPS) is 23.7. The Morgan fingerprint density at radius 3 is 2.93 bits per heavy atom. The zero-order valence-corrected chi connectivity index (χ0v) is 7.84. The van der Waals surface area contributed by atoms with Gasteiger partial charge in [-0.05, 0) is 17.7 Å². The smallest absolute Gasteiger partial charge is 0.614 e. The van der Waals surface area contributed by atoms with E-state index in [1.807, 2.05) is 0 Å². The first kappa shape index (κ1) is 9.63. The molecule has 78 valence electrons. The Balaban J connectivity index is 2.47. The minimum absolute atomic E-state index is 0.0360. The Morgan fingerprint density at radius 1 is 1.53 bits per heavy atom. The Morgan fingerprint density at radius 2 is 2.27 bits per heavy atom. The maximum Gasteiger partial charge on any atom is 0.647 e. The number of fused-ring (bicyclic) bond motifs is 1. The van der Waals surface area contributed by atoms with E-state index >= 15 is 0 Å². The van der Waals surface area contributed by atoms with Crippen LogP contribution in [-0.4, -0.2) is 18.5 Å². The summed E-state index contributed by atoms with van der Waals surface area (Å²) in [7, 11) is 0. The molecule has 15 heavy (non-hydrogen) atoms. The van der Waals surface area contributed by atoms with E-state index in [9.17, 15) is 13.9 Å². The van der Waals surface area contributed by atoms with Gasteiger partial charge in [0.25, 0.3) is 0 Å². The summed E-state index contributed by atoms with van der Waals surface area (Å²) in [6, 6.07) is 4.51. The van der Waals surface area contributed by atoms with Crippen LogP contribution in [0.2, 0.25) is 0 Å². The topological polar surface area (TPSA) is 56.5 Å². The van der Waals surface area contributed by atoms with Crippen molar-refractivity contribution in [2.75, 3.05) is 0 Å². The van der Waals surface area contributed by atoms with Gasteiger partial charge in [0.05, 0.1) is 5.68 Å². The molecule has 7 heteroatoms. The number of halogens is 1. The van der Waals surface area contributed by atoms with Gasteiger partial charge < -0.3 is 18.5 Å². The van der Waals surface area contributed by atoms with Crippen LogP contribution >= 0.6 is 0 Å². The Hall–Kier alpha value is -1.92. The monoisotopic (exact) mass is 211 g/mol.